The van der Waals surface area contributed by atoms with Gasteiger partial charge in [-0.2, -0.15) is 0 Å². The summed E-state index contributed by atoms with van der Waals surface area (Å²) in [6.45, 7) is 1.84. The van der Waals surface area contributed by atoms with E-state index in [0.29, 0.717) is 6.42 Å². The van der Waals surface area contributed by atoms with Gasteiger partial charge in [0.2, 0.25) is 0 Å². The topological polar surface area (TPSA) is 30.0 Å². The molecule has 0 saturated heterocycles. The fourth-order valence-electron chi connectivity index (χ4n) is 0.771. The first kappa shape index (κ1) is 8.65. The Kier molecular flexibility index (Phi) is 3.20. The van der Waals surface area contributed by atoms with Crippen LogP contribution in [0.5, 0.6) is 0 Å². The Labute approximate surface area is 71.9 Å². The number of pyridine rings is 1. The maximum absolute atomic E-state index is 10.9. The molecule has 0 atom stereocenters. The summed E-state index contributed by atoms with van der Waals surface area (Å²) in [5, 5.41) is 0. The van der Waals surface area contributed by atoms with E-state index in [9.17, 15) is 4.79 Å². The van der Waals surface area contributed by atoms with Crippen molar-refractivity contribution in [2.45, 2.75) is 13.3 Å². The van der Waals surface area contributed by atoms with Crippen LogP contribution in [0.3, 0.4) is 0 Å². The first-order valence-electron chi connectivity index (χ1n) is 3.95. The summed E-state index contributed by atoms with van der Waals surface area (Å²) in [6.07, 6.45) is 5.54. The molecule has 1 rings (SSSR count). The average Bonchev–Trinajstić information content (AvgIpc) is 2.16. The molecule has 0 N–H and O–H groups in total. The molecule has 1 heterocycles. The van der Waals surface area contributed by atoms with Gasteiger partial charge in [0.25, 0.3) is 0 Å². The highest BCUT2D eigenvalue weighted by Gasteiger charge is 1.89. The first-order valence-corrected chi connectivity index (χ1v) is 3.95. The van der Waals surface area contributed by atoms with Crippen LogP contribution < -0.4 is 0 Å². The molecule has 2 nitrogen and oxygen atoms in total. The van der Waals surface area contributed by atoms with Gasteiger partial charge in [-0.25, -0.2) is 0 Å². The van der Waals surface area contributed by atoms with E-state index < -0.39 is 0 Å². The minimum atomic E-state index is 0.126. The molecule has 0 aliphatic carbocycles. The lowest BCUT2D eigenvalue weighted by Crippen LogP contribution is -1.87. The van der Waals surface area contributed by atoms with Gasteiger partial charge in [-0.15, -0.1) is 0 Å². The number of nitrogens with zero attached hydrogens (tertiary/aromatic N) is 1. The maximum Gasteiger partial charge on any atom is 0.155 e. The second-order valence-corrected chi connectivity index (χ2v) is 2.41. The van der Waals surface area contributed by atoms with Crippen LogP contribution in [0.15, 0.2) is 30.5 Å². The summed E-state index contributed by atoms with van der Waals surface area (Å²) in [6, 6.07) is 5.60. The van der Waals surface area contributed by atoms with Crippen LogP contribution in [0, 0.1) is 0 Å². The van der Waals surface area contributed by atoms with Crippen molar-refractivity contribution in [2.75, 3.05) is 0 Å². The summed E-state index contributed by atoms with van der Waals surface area (Å²) in [5.41, 5.74) is 0.819. The van der Waals surface area contributed by atoms with E-state index in [2.05, 4.69) is 4.98 Å². The zero-order chi connectivity index (χ0) is 8.81. The Balaban J connectivity index is 2.64. The van der Waals surface area contributed by atoms with Crippen LogP contribution in [-0.2, 0) is 4.79 Å². The van der Waals surface area contributed by atoms with E-state index in [-0.39, 0.29) is 5.78 Å². The molecule has 0 amide bonds. The molecule has 2 heteroatoms. The van der Waals surface area contributed by atoms with Crippen molar-refractivity contribution < 1.29 is 4.79 Å². The fraction of sp³-hybridized carbons (Fsp3) is 0.200. The molecule has 0 unspecified atom stereocenters. The molecule has 0 saturated carbocycles. The van der Waals surface area contributed by atoms with E-state index in [1.54, 1.807) is 18.3 Å². The Hall–Kier alpha value is -1.44. The van der Waals surface area contributed by atoms with E-state index in [4.69, 9.17) is 0 Å². The number of ketones is 1. The van der Waals surface area contributed by atoms with E-state index in [1.807, 2.05) is 25.1 Å². The zero-order valence-electron chi connectivity index (χ0n) is 7.03. The molecule has 0 aliphatic rings. The van der Waals surface area contributed by atoms with Crippen LogP contribution in [0.4, 0.5) is 0 Å². The third-order valence-electron chi connectivity index (χ3n) is 1.48. The van der Waals surface area contributed by atoms with Gasteiger partial charge < -0.3 is 0 Å². The molecule has 0 aliphatic heterocycles. The molecule has 0 fully saturated rings. The molecular formula is C10H11NO. The van der Waals surface area contributed by atoms with Gasteiger partial charge in [0.05, 0.1) is 5.69 Å². The molecule has 0 radical (unpaired) electrons. The van der Waals surface area contributed by atoms with Crippen molar-refractivity contribution in [3.8, 4) is 0 Å². The third-order valence-corrected chi connectivity index (χ3v) is 1.48. The van der Waals surface area contributed by atoms with E-state index in [0.717, 1.165) is 5.69 Å². The Morgan fingerprint density at radius 1 is 1.58 bits per heavy atom. The Morgan fingerprint density at radius 3 is 3.00 bits per heavy atom. The number of carbonyl (C=O) groups excluding carboxylic acids is 1. The van der Waals surface area contributed by atoms with Gasteiger partial charge in [0.1, 0.15) is 0 Å². The largest absolute Gasteiger partial charge is 0.295 e. The molecule has 1 aromatic heterocycles. The number of hydrogen-bond donors (Lipinski definition) is 0. The van der Waals surface area contributed by atoms with Gasteiger partial charge >= 0.3 is 0 Å². The number of rotatable bonds is 3. The van der Waals surface area contributed by atoms with Crippen molar-refractivity contribution in [2.24, 2.45) is 0 Å². The lowest BCUT2D eigenvalue weighted by atomic mass is 10.2. The number of aromatic nitrogens is 1. The fourth-order valence-corrected chi connectivity index (χ4v) is 0.771. The lowest BCUT2D eigenvalue weighted by molar-refractivity contribution is -0.114. The van der Waals surface area contributed by atoms with Gasteiger partial charge in [-0.1, -0.05) is 13.0 Å². The minimum Gasteiger partial charge on any atom is -0.295 e. The molecule has 62 valence electrons. The predicted molar refractivity (Wildman–Crippen MR) is 48.6 cm³/mol. The van der Waals surface area contributed by atoms with Crippen LogP contribution in [0.1, 0.15) is 19.0 Å². The second-order valence-electron chi connectivity index (χ2n) is 2.41. The predicted octanol–water partition coefficient (Wildman–Crippen LogP) is 2.07. The summed E-state index contributed by atoms with van der Waals surface area (Å²) >= 11 is 0. The SMILES string of the molecule is CCC(=O)C=Cc1ccccn1. The van der Waals surface area contributed by atoms with Gasteiger partial charge in [0.15, 0.2) is 5.78 Å². The maximum atomic E-state index is 10.9. The lowest BCUT2D eigenvalue weighted by Gasteiger charge is -1.88. The number of hydrogen-bond acceptors (Lipinski definition) is 2. The van der Waals surface area contributed by atoms with Gasteiger partial charge in [0, 0.05) is 12.6 Å². The summed E-state index contributed by atoms with van der Waals surface area (Å²) in [4.78, 5) is 14.9. The van der Waals surface area contributed by atoms with Crippen LogP contribution in [0.25, 0.3) is 6.08 Å². The van der Waals surface area contributed by atoms with Crippen molar-refractivity contribution >= 4 is 11.9 Å². The zero-order valence-corrected chi connectivity index (χ0v) is 7.03. The third kappa shape index (κ3) is 2.66. The number of allylic oxidation sites excluding steroid dienone is 1. The second kappa shape index (κ2) is 4.44. The smallest absolute Gasteiger partial charge is 0.155 e. The van der Waals surface area contributed by atoms with Crippen molar-refractivity contribution in [3.05, 3.63) is 36.2 Å². The van der Waals surface area contributed by atoms with Crippen LogP contribution >= 0.6 is 0 Å². The monoisotopic (exact) mass is 161 g/mol. The summed E-state index contributed by atoms with van der Waals surface area (Å²) in [7, 11) is 0. The molecule has 0 bridgehead atoms. The minimum absolute atomic E-state index is 0.126. The number of carbonyl (C=O) groups is 1. The highest BCUT2D eigenvalue weighted by molar-refractivity contribution is 5.93. The summed E-state index contributed by atoms with van der Waals surface area (Å²) in [5.74, 6) is 0.126. The quantitative estimate of drug-likeness (QED) is 0.635. The van der Waals surface area contributed by atoms with Crippen LogP contribution in [0.2, 0.25) is 0 Å². The normalized spacial score (nSPS) is 10.4. The van der Waals surface area contributed by atoms with Crippen LogP contribution in [-0.4, -0.2) is 10.8 Å². The van der Waals surface area contributed by atoms with Crippen molar-refractivity contribution in [3.63, 3.8) is 0 Å². The molecule has 12 heavy (non-hydrogen) atoms. The summed E-state index contributed by atoms with van der Waals surface area (Å²) < 4.78 is 0. The van der Waals surface area contributed by atoms with Gasteiger partial charge in [-0.3, -0.25) is 9.78 Å². The average molecular weight is 161 g/mol. The standard InChI is InChI=1S/C10H11NO/c1-2-10(12)7-6-9-5-3-4-8-11-9/h3-8H,2H2,1H3. The molecule has 0 aromatic carbocycles. The highest BCUT2D eigenvalue weighted by Crippen LogP contribution is 1.96. The Bertz CT molecular complexity index is 277. The Morgan fingerprint density at radius 2 is 2.42 bits per heavy atom. The van der Waals surface area contributed by atoms with Gasteiger partial charge in [-0.05, 0) is 24.3 Å². The first-order chi connectivity index (χ1) is 5.83. The molecule has 0 spiro atoms. The van der Waals surface area contributed by atoms with Crippen molar-refractivity contribution in [1.82, 2.24) is 4.98 Å². The molecule has 1 aromatic rings. The highest BCUT2D eigenvalue weighted by atomic mass is 16.1. The van der Waals surface area contributed by atoms with Crippen molar-refractivity contribution in [1.29, 1.82) is 0 Å². The van der Waals surface area contributed by atoms with E-state index in [1.165, 1.54) is 0 Å². The molecular weight excluding hydrogens is 150 g/mol. The van der Waals surface area contributed by atoms with E-state index >= 15 is 0 Å².